The van der Waals surface area contributed by atoms with E-state index < -0.39 is 17.4 Å². The van der Waals surface area contributed by atoms with E-state index in [1.165, 1.54) is 18.2 Å². The molecule has 0 radical (unpaired) electrons. The van der Waals surface area contributed by atoms with Crippen molar-refractivity contribution in [3.05, 3.63) is 57.0 Å². The molecule has 0 fully saturated rings. The maximum absolute atomic E-state index is 13.8. The highest BCUT2D eigenvalue weighted by Gasteiger charge is 2.15. The molecule has 1 nitrogen and oxygen atoms in total. The summed E-state index contributed by atoms with van der Waals surface area (Å²) in [5, 5.41) is 0.623. The van der Waals surface area contributed by atoms with Crippen LogP contribution in [-0.2, 0) is 5.33 Å². The number of hydrogen-bond donors (Lipinski definition) is 0. The highest BCUT2D eigenvalue weighted by Crippen LogP contribution is 2.34. The van der Waals surface area contributed by atoms with Gasteiger partial charge in [0.25, 0.3) is 0 Å². The van der Waals surface area contributed by atoms with Crippen LogP contribution in [0.2, 0.25) is 5.02 Å². The molecule has 2 aromatic rings. The van der Waals surface area contributed by atoms with E-state index in [2.05, 4.69) is 31.9 Å². The summed E-state index contributed by atoms with van der Waals surface area (Å²) >= 11 is 12.3. The van der Waals surface area contributed by atoms with Crippen LogP contribution in [0.3, 0.4) is 0 Å². The summed E-state index contributed by atoms with van der Waals surface area (Å²) in [4.78, 5) is 0. The lowest BCUT2D eigenvalue weighted by Crippen LogP contribution is -1.95. The fourth-order valence-corrected chi connectivity index (χ4v) is 2.49. The molecule has 0 N–H and O–H groups in total. The number of ether oxygens (including phenoxy) is 1. The second kappa shape index (κ2) is 6.20. The molecule has 2 rings (SSSR count). The largest absolute Gasteiger partial charge is 0.450 e. The quantitative estimate of drug-likeness (QED) is 0.556. The lowest BCUT2D eigenvalue weighted by atomic mass is 10.2. The van der Waals surface area contributed by atoms with Crippen LogP contribution in [0.25, 0.3) is 0 Å². The molecule has 0 spiro atoms. The van der Waals surface area contributed by atoms with Crippen LogP contribution in [0.4, 0.5) is 8.78 Å². The van der Waals surface area contributed by atoms with E-state index in [0.717, 1.165) is 4.47 Å². The normalized spacial score (nSPS) is 10.6. The van der Waals surface area contributed by atoms with Gasteiger partial charge in [0.05, 0.1) is 5.02 Å². The van der Waals surface area contributed by atoms with Crippen LogP contribution in [0.15, 0.2) is 34.8 Å². The van der Waals surface area contributed by atoms with Gasteiger partial charge in [-0.1, -0.05) is 43.5 Å². The fourth-order valence-electron chi connectivity index (χ4n) is 1.45. The molecule has 0 heterocycles. The number of halogens is 5. The highest BCUT2D eigenvalue weighted by molar-refractivity contribution is 9.10. The van der Waals surface area contributed by atoms with E-state index in [-0.39, 0.29) is 10.8 Å². The van der Waals surface area contributed by atoms with Crippen molar-refractivity contribution in [3.63, 3.8) is 0 Å². The molecular weight excluding hydrogens is 405 g/mol. The van der Waals surface area contributed by atoms with Gasteiger partial charge in [0.1, 0.15) is 5.75 Å². The van der Waals surface area contributed by atoms with Gasteiger partial charge in [-0.25, -0.2) is 8.78 Å². The van der Waals surface area contributed by atoms with Crippen molar-refractivity contribution in [2.75, 3.05) is 0 Å². The van der Waals surface area contributed by atoms with Crippen LogP contribution >= 0.6 is 43.5 Å². The zero-order valence-electron chi connectivity index (χ0n) is 9.39. The Labute approximate surface area is 130 Å². The van der Waals surface area contributed by atoms with E-state index in [1.54, 1.807) is 12.1 Å². The van der Waals surface area contributed by atoms with Crippen molar-refractivity contribution in [2.45, 2.75) is 5.33 Å². The molecule has 0 aromatic heterocycles. The standard InChI is InChI=1S/C13H7Br2ClF2O/c14-6-7-3-10(17)13(11(18)4-7)19-12-2-1-8(15)5-9(12)16/h1-5H,6H2. The Morgan fingerprint density at radius 1 is 1.11 bits per heavy atom. The topological polar surface area (TPSA) is 9.23 Å². The Bertz CT molecular complexity index is 597. The first kappa shape index (κ1) is 14.8. The molecule has 0 aliphatic heterocycles. The van der Waals surface area contributed by atoms with E-state index in [9.17, 15) is 8.78 Å². The van der Waals surface area contributed by atoms with Crippen LogP contribution < -0.4 is 4.74 Å². The van der Waals surface area contributed by atoms with Crippen molar-refractivity contribution in [2.24, 2.45) is 0 Å². The summed E-state index contributed by atoms with van der Waals surface area (Å²) in [5.74, 6) is -1.81. The summed E-state index contributed by atoms with van der Waals surface area (Å²) in [6.07, 6.45) is 0. The Morgan fingerprint density at radius 2 is 1.74 bits per heavy atom. The Kier molecular flexibility index (Phi) is 4.81. The Morgan fingerprint density at radius 3 is 2.26 bits per heavy atom. The molecule has 0 atom stereocenters. The zero-order chi connectivity index (χ0) is 14.0. The molecule has 0 saturated heterocycles. The third kappa shape index (κ3) is 3.46. The molecule has 0 aliphatic rings. The predicted octanol–water partition coefficient (Wildman–Crippen LogP) is 6.07. The fraction of sp³-hybridized carbons (Fsp3) is 0.0769. The SMILES string of the molecule is Fc1cc(CBr)cc(F)c1Oc1ccc(Br)cc1Cl. The van der Waals surface area contributed by atoms with Gasteiger partial charge in [-0.15, -0.1) is 0 Å². The minimum absolute atomic E-state index is 0.189. The van der Waals surface area contributed by atoms with Crippen LogP contribution in [-0.4, -0.2) is 0 Å². The molecule has 100 valence electrons. The van der Waals surface area contributed by atoms with E-state index in [1.807, 2.05) is 0 Å². The summed E-state index contributed by atoms with van der Waals surface area (Å²) < 4.78 is 33.5. The van der Waals surface area contributed by atoms with Gasteiger partial charge in [-0.3, -0.25) is 0 Å². The van der Waals surface area contributed by atoms with Gasteiger partial charge < -0.3 is 4.74 Å². The van der Waals surface area contributed by atoms with Crippen molar-refractivity contribution >= 4 is 43.5 Å². The molecule has 0 aliphatic carbocycles. The van der Waals surface area contributed by atoms with Gasteiger partial charge in [0, 0.05) is 9.80 Å². The van der Waals surface area contributed by atoms with E-state index >= 15 is 0 Å². The Balaban J connectivity index is 2.38. The average Bonchev–Trinajstić information content (AvgIpc) is 2.35. The van der Waals surface area contributed by atoms with Crippen LogP contribution in [0.1, 0.15) is 5.56 Å². The van der Waals surface area contributed by atoms with Gasteiger partial charge >= 0.3 is 0 Å². The molecule has 0 saturated carbocycles. The lowest BCUT2D eigenvalue weighted by Gasteiger charge is -2.10. The number of hydrogen-bond acceptors (Lipinski definition) is 1. The summed E-state index contributed by atoms with van der Waals surface area (Å²) in [7, 11) is 0. The highest BCUT2D eigenvalue weighted by atomic mass is 79.9. The summed E-state index contributed by atoms with van der Waals surface area (Å²) in [6, 6.07) is 7.20. The monoisotopic (exact) mass is 410 g/mol. The summed E-state index contributed by atoms with van der Waals surface area (Å²) in [6.45, 7) is 0. The first-order valence-electron chi connectivity index (χ1n) is 5.18. The zero-order valence-corrected chi connectivity index (χ0v) is 13.3. The smallest absolute Gasteiger partial charge is 0.198 e. The predicted molar refractivity (Wildman–Crippen MR) is 78.2 cm³/mol. The molecule has 0 bridgehead atoms. The average molecular weight is 412 g/mol. The molecular formula is C13H7Br2ClF2O. The van der Waals surface area contributed by atoms with Gasteiger partial charge in [0.15, 0.2) is 17.4 Å². The summed E-state index contributed by atoms with van der Waals surface area (Å²) in [5.41, 5.74) is 0.490. The maximum atomic E-state index is 13.8. The minimum atomic E-state index is -0.770. The second-order valence-corrected chi connectivity index (χ2v) is 5.58. The molecule has 19 heavy (non-hydrogen) atoms. The molecule has 6 heteroatoms. The Hall–Kier alpha value is -0.650. The van der Waals surface area contributed by atoms with E-state index in [4.69, 9.17) is 16.3 Å². The third-order valence-corrected chi connectivity index (χ3v) is 3.75. The molecule has 0 amide bonds. The minimum Gasteiger partial charge on any atom is -0.450 e. The van der Waals surface area contributed by atoms with Crippen molar-refractivity contribution in [1.29, 1.82) is 0 Å². The van der Waals surface area contributed by atoms with Crippen molar-refractivity contribution < 1.29 is 13.5 Å². The number of rotatable bonds is 3. The van der Waals surface area contributed by atoms with Crippen LogP contribution in [0.5, 0.6) is 11.5 Å². The van der Waals surface area contributed by atoms with Gasteiger partial charge in [-0.05, 0) is 35.9 Å². The van der Waals surface area contributed by atoms with Crippen molar-refractivity contribution in [3.8, 4) is 11.5 Å². The van der Waals surface area contributed by atoms with Crippen LogP contribution in [0, 0.1) is 11.6 Å². The molecule has 2 aromatic carbocycles. The van der Waals surface area contributed by atoms with Gasteiger partial charge in [-0.2, -0.15) is 0 Å². The molecule has 0 unspecified atom stereocenters. The first-order valence-corrected chi connectivity index (χ1v) is 7.47. The second-order valence-electron chi connectivity index (χ2n) is 3.70. The van der Waals surface area contributed by atoms with Gasteiger partial charge in [0.2, 0.25) is 0 Å². The van der Waals surface area contributed by atoms with E-state index in [0.29, 0.717) is 10.9 Å². The first-order chi connectivity index (χ1) is 9.01. The number of benzene rings is 2. The third-order valence-electron chi connectivity index (χ3n) is 2.32. The number of alkyl halides is 1. The van der Waals surface area contributed by atoms with Crippen molar-refractivity contribution in [1.82, 2.24) is 0 Å². The maximum Gasteiger partial charge on any atom is 0.198 e. The lowest BCUT2D eigenvalue weighted by molar-refractivity contribution is 0.407.